The van der Waals surface area contributed by atoms with Crippen molar-refractivity contribution in [3.05, 3.63) is 71.9 Å². The van der Waals surface area contributed by atoms with Crippen molar-refractivity contribution < 1.29 is 4.79 Å². The third kappa shape index (κ3) is 4.00. The Kier molecular flexibility index (Phi) is 5.23. The second-order valence-electron chi connectivity index (χ2n) is 5.27. The van der Waals surface area contributed by atoms with E-state index < -0.39 is 0 Å². The van der Waals surface area contributed by atoms with Gasteiger partial charge in [0.05, 0.1) is 17.5 Å². The van der Waals surface area contributed by atoms with E-state index in [0.29, 0.717) is 5.75 Å². The average Bonchev–Trinajstić information content (AvgIpc) is 2.61. The van der Waals surface area contributed by atoms with Gasteiger partial charge in [-0.1, -0.05) is 42.5 Å². The Morgan fingerprint density at radius 1 is 1.17 bits per heavy atom. The number of thioether (sulfide) groups is 1. The lowest BCUT2D eigenvalue weighted by Gasteiger charge is -2.04. The summed E-state index contributed by atoms with van der Waals surface area (Å²) in [5.41, 5.74) is 5.59. The number of carbonyl (C=O) groups excluding carboxylic acids is 1. The first-order valence-electron chi connectivity index (χ1n) is 7.58. The highest BCUT2D eigenvalue weighted by molar-refractivity contribution is 8.00. The van der Waals surface area contributed by atoms with Crippen molar-refractivity contribution in [1.29, 1.82) is 0 Å². The molecule has 24 heavy (non-hydrogen) atoms. The van der Waals surface area contributed by atoms with Gasteiger partial charge >= 0.3 is 0 Å². The van der Waals surface area contributed by atoms with Crippen molar-refractivity contribution in [3.8, 4) is 0 Å². The van der Waals surface area contributed by atoms with E-state index in [0.717, 1.165) is 26.9 Å². The Morgan fingerprint density at radius 3 is 2.88 bits per heavy atom. The van der Waals surface area contributed by atoms with Gasteiger partial charge in [0.25, 0.3) is 0 Å². The highest BCUT2D eigenvalue weighted by atomic mass is 32.2. The Hall–Kier alpha value is -2.66. The van der Waals surface area contributed by atoms with Gasteiger partial charge < -0.3 is 0 Å². The summed E-state index contributed by atoms with van der Waals surface area (Å²) >= 11 is 1.46. The number of nitrogens with one attached hydrogen (secondary N) is 1. The molecule has 0 bridgehead atoms. The molecule has 4 nitrogen and oxygen atoms in total. The predicted molar refractivity (Wildman–Crippen MR) is 99.4 cm³/mol. The van der Waals surface area contributed by atoms with E-state index in [-0.39, 0.29) is 5.91 Å². The summed E-state index contributed by atoms with van der Waals surface area (Å²) in [6.45, 7) is 2.01. The van der Waals surface area contributed by atoms with Gasteiger partial charge in [0.2, 0.25) is 5.91 Å². The van der Waals surface area contributed by atoms with Crippen LogP contribution in [0.5, 0.6) is 0 Å². The lowest BCUT2D eigenvalue weighted by molar-refractivity contribution is -0.118. The smallest absolute Gasteiger partial charge is 0.250 e. The van der Waals surface area contributed by atoms with Crippen molar-refractivity contribution in [2.45, 2.75) is 11.8 Å². The number of aryl methyl sites for hydroxylation is 1. The molecule has 0 saturated carbocycles. The number of para-hydroxylation sites is 1. The normalized spacial score (nSPS) is 11.0. The second-order valence-corrected chi connectivity index (χ2v) is 6.29. The number of hydrogen-bond donors (Lipinski definition) is 1. The molecular formula is C19H17N3OS. The largest absolute Gasteiger partial charge is 0.272 e. The molecule has 1 aromatic heterocycles. The number of aromatic nitrogens is 1. The molecule has 0 radical (unpaired) electrons. The fourth-order valence-electron chi connectivity index (χ4n) is 2.27. The van der Waals surface area contributed by atoms with E-state index >= 15 is 0 Å². The summed E-state index contributed by atoms with van der Waals surface area (Å²) in [6.07, 6.45) is 3.43. The van der Waals surface area contributed by atoms with Gasteiger partial charge in [-0.15, -0.1) is 11.8 Å². The van der Waals surface area contributed by atoms with Gasteiger partial charge in [-0.2, -0.15) is 5.10 Å². The second kappa shape index (κ2) is 7.75. The van der Waals surface area contributed by atoms with Crippen LogP contribution in [0.25, 0.3) is 10.9 Å². The summed E-state index contributed by atoms with van der Waals surface area (Å²) < 4.78 is 0. The number of hydrogen-bond acceptors (Lipinski definition) is 4. The lowest BCUT2D eigenvalue weighted by Crippen LogP contribution is -2.19. The maximum absolute atomic E-state index is 12.0. The summed E-state index contributed by atoms with van der Waals surface area (Å²) in [7, 11) is 0. The van der Waals surface area contributed by atoms with Crippen LogP contribution in [0.1, 0.15) is 11.1 Å². The van der Waals surface area contributed by atoms with Crippen LogP contribution in [0.4, 0.5) is 0 Å². The van der Waals surface area contributed by atoms with Crippen molar-refractivity contribution in [1.82, 2.24) is 10.4 Å². The molecule has 0 saturated heterocycles. The molecule has 120 valence electrons. The van der Waals surface area contributed by atoms with Crippen molar-refractivity contribution in [2.75, 3.05) is 5.75 Å². The van der Waals surface area contributed by atoms with Gasteiger partial charge in [0.15, 0.2) is 0 Å². The Bertz CT molecular complexity index is 887. The van der Waals surface area contributed by atoms with Gasteiger partial charge in [0.1, 0.15) is 0 Å². The van der Waals surface area contributed by atoms with Gasteiger partial charge in [-0.25, -0.2) is 5.43 Å². The maximum atomic E-state index is 12.0. The van der Waals surface area contributed by atoms with Gasteiger partial charge in [-0.3, -0.25) is 9.78 Å². The number of carbonyl (C=O) groups is 1. The quantitative estimate of drug-likeness (QED) is 0.438. The van der Waals surface area contributed by atoms with E-state index in [4.69, 9.17) is 0 Å². The average molecular weight is 335 g/mol. The maximum Gasteiger partial charge on any atom is 0.250 e. The van der Waals surface area contributed by atoms with E-state index in [1.807, 2.05) is 61.5 Å². The van der Waals surface area contributed by atoms with E-state index in [2.05, 4.69) is 15.5 Å². The minimum absolute atomic E-state index is 0.141. The summed E-state index contributed by atoms with van der Waals surface area (Å²) in [4.78, 5) is 17.3. The van der Waals surface area contributed by atoms with Gasteiger partial charge in [0, 0.05) is 16.5 Å². The van der Waals surface area contributed by atoms with Crippen LogP contribution in [0.2, 0.25) is 0 Å². The standard InChI is InChI=1S/C19H17N3OS/c1-14-6-2-3-7-16(14)12-21-22-18(23)13-24-17-10-4-8-15-9-5-11-20-19(15)17/h2-12H,13H2,1H3,(H,22,23)/b21-12-. The zero-order valence-corrected chi connectivity index (χ0v) is 14.1. The first-order valence-corrected chi connectivity index (χ1v) is 8.57. The summed E-state index contributed by atoms with van der Waals surface area (Å²) in [5.74, 6) is 0.152. The van der Waals surface area contributed by atoms with Gasteiger partial charge in [-0.05, 0) is 30.2 Å². The molecule has 0 aliphatic heterocycles. The highest BCUT2D eigenvalue weighted by Crippen LogP contribution is 2.25. The number of nitrogens with zero attached hydrogens (tertiary/aromatic N) is 2. The van der Waals surface area contributed by atoms with E-state index in [1.165, 1.54) is 11.8 Å². The molecule has 0 fully saturated rings. The molecule has 1 amide bonds. The van der Waals surface area contributed by atoms with Crippen LogP contribution in [0, 0.1) is 6.92 Å². The van der Waals surface area contributed by atoms with Crippen molar-refractivity contribution >= 4 is 34.8 Å². The van der Waals surface area contributed by atoms with Crippen LogP contribution in [0.15, 0.2) is 70.8 Å². The molecular weight excluding hydrogens is 318 g/mol. The molecule has 0 aliphatic carbocycles. The van der Waals surface area contributed by atoms with E-state index in [9.17, 15) is 4.79 Å². The van der Waals surface area contributed by atoms with Crippen LogP contribution in [-0.2, 0) is 4.79 Å². The molecule has 3 aromatic rings. The Balaban J connectivity index is 1.58. The fourth-order valence-corrected chi connectivity index (χ4v) is 3.11. The SMILES string of the molecule is Cc1ccccc1/C=N\NC(=O)CSc1cccc2cccnc12. The summed E-state index contributed by atoms with van der Waals surface area (Å²) in [6, 6.07) is 17.8. The Labute approximate surface area is 145 Å². The summed E-state index contributed by atoms with van der Waals surface area (Å²) in [5, 5.41) is 5.09. The number of benzene rings is 2. The molecule has 1 N–H and O–H groups in total. The topological polar surface area (TPSA) is 54.4 Å². The fraction of sp³-hybridized carbons (Fsp3) is 0.105. The minimum atomic E-state index is -0.141. The molecule has 0 unspecified atom stereocenters. The molecule has 1 heterocycles. The Morgan fingerprint density at radius 2 is 2.00 bits per heavy atom. The first kappa shape index (κ1) is 16.2. The van der Waals surface area contributed by atoms with E-state index in [1.54, 1.807) is 12.4 Å². The number of pyridine rings is 1. The molecule has 3 rings (SSSR count). The molecule has 5 heteroatoms. The van der Waals surface area contributed by atoms with Crippen LogP contribution >= 0.6 is 11.8 Å². The number of amides is 1. The third-order valence-corrected chi connectivity index (χ3v) is 4.58. The first-order chi connectivity index (χ1) is 11.7. The molecule has 0 spiro atoms. The predicted octanol–water partition coefficient (Wildman–Crippen LogP) is 3.79. The van der Waals surface area contributed by atoms with Crippen LogP contribution < -0.4 is 5.43 Å². The zero-order chi connectivity index (χ0) is 16.8. The minimum Gasteiger partial charge on any atom is -0.272 e. The molecule has 2 aromatic carbocycles. The highest BCUT2D eigenvalue weighted by Gasteiger charge is 2.06. The van der Waals surface area contributed by atoms with Crippen LogP contribution in [0.3, 0.4) is 0 Å². The monoisotopic (exact) mass is 335 g/mol. The lowest BCUT2D eigenvalue weighted by atomic mass is 10.1. The van der Waals surface area contributed by atoms with Crippen LogP contribution in [-0.4, -0.2) is 22.9 Å². The third-order valence-electron chi connectivity index (χ3n) is 3.54. The number of hydrazone groups is 1. The molecule has 0 atom stereocenters. The van der Waals surface area contributed by atoms with Crippen molar-refractivity contribution in [2.24, 2.45) is 5.10 Å². The zero-order valence-electron chi connectivity index (χ0n) is 13.3. The number of rotatable bonds is 5. The number of fused-ring (bicyclic) bond motifs is 1. The molecule has 0 aliphatic rings. The van der Waals surface area contributed by atoms with Crippen molar-refractivity contribution in [3.63, 3.8) is 0 Å².